The van der Waals surface area contributed by atoms with E-state index in [9.17, 15) is 14.4 Å². The van der Waals surface area contributed by atoms with Crippen molar-refractivity contribution in [1.82, 2.24) is 15.6 Å². The summed E-state index contributed by atoms with van der Waals surface area (Å²) in [4.78, 5) is 35.1. The van der Waals surface area contributed by atoms with E-state index in [0.29, 0.717) is 22.8 Å². The molecule has 1 aromatic heterocycles. The van der Waals surface area contributed by atoms with Gasteiger partial charge in [0.15, 0.2) is 4.34 Å². The van der Waals surface area contributed by atoms with Crippen molar-refractivity contribution in [2.24, 2.45) is 10.8 Å². The Bertz CT molecular complexity index is 1190. The van der Waals surface area contributed by atoms with Gasteiger partial charge in [-0.15, -0.1) is 10.2 Å². The van der Waals surface area contributed by atoms with Crippen LogP contribution in [0.3, 0.4) is 0 Å². The van der Waals surface area contributed by atoms with Crippen LogP contribution in [0.4, 0.5) is 5.69 Å². The van der Waals surface area contributed by atoms with Gasteiger partial charge in [0.2, 0.25) is 5.91 Å². The highest BCUT2D eigenvalue weighted by Gasteiger charge is 2.13. The molecule has 4 N–H and O–H groups in total. The summed E-state index contributed by atoms with van der Waals surface area (Å²) >= 11 is 3.06. The van der Waals surface area contributed by atoms with Crippen LogP contribution in [0.25, 0.3) is 0 Å². The first-order valence-electron chi connectivity index (χ1n) is 9.50. The number of carbonyl (C=O) groups excluding carboxylic acids is 3. The highest BCUT2D eigenvalue weighted by Crippen LogP contribution is 2.30. The van der Waals surface area contributed by atoms with E-state index in [-0.39, 0.29) is 5.56 Å². The summed E-state index contributed by atoms with van der Waals surface area (Å²) in [7, 11) is 1.59. The Balaban J connectivity index is 1.57. The molecule has 0 saturated heterocycles. The second-order valence-corrected chi connectivity index (χ2v) is 8.95. The van der Waals surface area contributed by atoms with E-state index in [1.165, 1.54) is 41.8 Å². The Morgan fingerprint density at radius 2 is 1.91 bits per heavy atom. The SMILES string of the molecule is COc1ccc(C=NNC(=O)C(=O)Nc2ccc(C(N)=O)cc2)cc1CSc1nnc(C)s1. The lowest BCUT2D eigenvalue weighted by atomic mass is 10.1. The van der Waals surface area contributed by atoms with E-state index in [1.807, 2.05) is 13.0 Å². The lowest BCUT2D eigenvalue weighted by Gasteiger charge is -2.08. The number of ether oxygens (including phenoxy) is 1. The van der Waals surface area contributed by atoms with Gasteiger partial charge in [0.25, 0.3) is 0 Å². The van der Waals surface area contributed by atoms with Crippen molar-refractivity contribution in [3.05, 3.63) is 64.2 Å². The average molecular weight is 485 g/mol. The van der Waals surface area contributed by atoms with E-state index in [1.54, 1.807) is 31.0 Å². The van der Waals surface area contributed by atoms with Gasteiger partial charge in [0, 0.05) is 22.6 Å². The molecule has 0 fully saturated rings. The topological polar surface area (TPSA) is 149 Å². The van der Waals surface area contributed by atoms with E-state index >= 15 is 0 Å². The van der Waals surface area contributed by atoms with E-state index in [4.69, 9.17) is 10.5 Å². The zero-order chi connectivity index (χ0) is 23.8. The van der Waals surface area contributed by atoms with E-state index < -0.39 is 17.7 Å². The van der Waals surface area contributed by atoms with Crippen molar-refractivity contribution in [3.8, 4) is 5.75 Å². The van der Waals surface area contributed by atoms with Crippen molar-refractivity contribution >= 4 is 52.7 Å². The van der Waals surface area contributed by atoms with Crippen LogP contribution in [-0.2, 0) is 15.3 Å². The van der Waals surface area contributed by atoms with Crippen LogP contribution < -0.4 is 21.2 Å². The number of aromatic nitrogens is 2. The lowest BCUT2D eigenvalue weighted by molar-refractivity contribution is -0.136. The number of nitrogens with one attached hydrogen (secondary N) is 2. The average Bonchev–Trinajstić information content (AvgIpc) is 3.23. The third-order valence-corrected chi connectivity index (χ3v) is 6.20. The monoisotopic (exact) mass is 484 g/mol. The summed E-state index contributed by atoms with van der Waals surface area (Å²) in [6.07, 6.45) is 1.43. The zero-order valence-electron chi connectivity index (χ0n) is 17.7. The van der Waals surface area contributed by atoms with E-state index in [2.05, 4.69) is 26.0 Å². The molecule has 0 atom stereocenters. The molecule has 33 heavy (non-hydrogen) atoms. The number of rotatable bonds is 8. The number of methoxy groups -OCH3 is 1. The van der Waals surface area contributed by atoms with Gasteiger partial charge in [-0.25, -0.2) is 5.43 Å². The van der Waals surface area contributed by atoms with Crippen molar-refractivity contribution < 1.29 is 19.1 Å². The molecular formula is C21H20N6O4S2. The first kappa shape index (κ1) is 23.9. The molecule has 0 aliphatic rings. The Labute approximate surface area is 197 Å². The molecular weight excluding hydrogens is 464 g/mol. The second kappa shape index (κ2) is 11.2. The largest absolute Gasteiger partial charge is 0.496 e. The Morgan fingerprint density at radius 3 is 2.55 bits per heavy atom. The van der Waals surface area contributed by atoms with Crippen LogP contribution in [0, 0.1) is 6.92 Å². The second-order valence-electron chi connectivity index (χ2n) is 6.54. The molecule has 0 bridgehead atoms. The van der Waals surface area contributed by atoms with Crippen LogP contribution >= 0.6 is 23.1 Å². The first-order chi connectivity index (χ1) is 15.9. The normalized spacial score (nSPS) is 10.7. The minimum Gasteiger partial charge on any atom is -0.496 e. The summed E-state index contributed by atoms with van der Waals surface area (Å²) in [5.41, 5.74) is 9.61. The molecule has 0 unspecified atom stereocenters. The summed E-state index contributed by atoms with van der Waals surface area (Å²) in [5.74, 6) is -1.11. The molecule has 3 rings (SSSR count). The fraction of sp³-hybridized carbons (Fsp3) is 0.143. The summed E-state index contributed by atoms with van der Waals surface area (Å²) in [6.45, 7) is 1.90. The molecule has 0 aliphatic carbocycles. The van der Waals surface area contributed by atoms with Gasteiger partial charge in [-0.05, 0) is 55.0 Å². The third kappa shape index (κ3) is 6.85. The van der Waals surface area contributed by atoms with Crippen LogP contribution in [0.2, 0.25) is 0 Å². The predicted octanol–water partition coefficient (Wildman–Crippen LogP) is 2.34. The van der Waals surface area contributed by atoms with Gasteiger partial charge in [0.1, 0.15) is 10.8 Å². The quantitative estimate of drug-likeness (QED) is 0.192. The number of anilines is 1. The number of amides is 3. The smallest absolute Gasteiger partial charge is 0.329 e. The van der Waals surface area contributed by atoms with Crippen LogP contribution in [0.5, 0.6) is 5.75 Å². The maximum Gasteiger partial charge on any atom is 0.329 e. The molecule has 170 valence electrons. The van der Waals surface area contributed by atoms with E-state index in [0.717, 1.165) is 14.9 Å². The van der Waals surface area contributed by atoms with Gasteiger partial charge in [-0.1, -0.05) is 23.1 Å². The number of nitrogens with zero attached hydrogens (tertiary/aromatic N) is 3. The minimum absolute atomic E-state index is 0.290. The summed E-state index contributed by atoms with van der Waals surface area (Å²) < 4.78 is 6.26. The molecule has 3 aromatic rings. The van der Waals surface area contributed by atoms with Crippen molar-refractivity contribution in [2.45, 2.75) is 17.0 Å². The molecule has 0 saturated carbocycles. The maximum absolute atomic E-state index is 12.0. The van der Waals surface area contributed by atoms with Gasteiger partial charge in [-0.2, -0.15) is 5.10 Å². The maximum atomic E-state index is 12.0. The van der Waals surface area contributed by atoms with Crippen molar-refractivity contribution in [3.63, 3.8) is 0 Å². The number of aryl methyl sites for hydroxylation is 1. The zero-order valence-corrected chi connectivity index (χ0v) is 19.3. The molecule has 0 aliphatic heterocycles. The van der Waals surface area contributed by atoms with Crippen LogP contribution in [0.1, 0.15) is 26.5 Å². The third-order valence-electron chi connectivity index (χ3n) is 4.18. The van der Waals surface area contributed by atoms with Gasteiger partial charge < -0.3 is 15.8 Å². The Hall–Kier alpha value is -3.77. The first-order valence-corrected chi connectivity index (χ1v) is 11.3. The summed E-state index contributed by atoms with van der Waals surface area (Å²) in [6, 6.07) is 11.3. The molecule has 1 heterocycles. The number of hydrogen-bond donors (Lipinski definition) is 3. The number of nitrogens with two attached hydrogens (primary N) is 1. The number of carbonyl (C=O) groups is 3. The van der Waals surface area contributed by atoms with Crippen molar-refractivity contribution in [1.29, 1.82) is 0 Å². The standard InChI is InChI=1S/C21H20N6O4S2/c1-12-25-27-21(33-12)32-11-15-9-13(3-8-17(15)31-2)10-23-26-20(30)19(29)24-16-6-4-14(5-7-16)18(22)28/h3-10H,11H2,1-2H3,(H2,22,28)(H,24,29)(H,26,30). The van der Waals surface area contributed by atoms with Gasteiger partial charge >= 0.3 is 11.8 Å². The van der Waals surface area contributed by atoms with Crippen LogP contribution in [-0.4, -0.2) is 41.2 Å². The van der Waals surface area contributed by atoms with Gasteiger partial charge in [0.05, 0.1) is 13.3 Å². The molecule has 0 radical (unpaired) electrons. The molecule has 0 spiro atoms. The molecule has 12 heteroatoms. The Kier molecular flexibility index (Phi) is 8.11. The summed E-state index contributed by atoms with van der Waals surface area (Å²) in [5, 5.41) is 15.2. The molecule has 10 nitrogen and oxygen atoms in total. The fourth-order valence-corrected chi connectivity index (χ4v) is 4.38. The number of hydrazone groups is 1. The number of primary amides is 1. The lowest BCUT2D eigenvalue weighted by Crippen LogP contribution is -2.32. The number of hydrogen-bond acceptors (Lipinski definition) is 9. The number of thioether (sulfide) groups is 1. The predicted molar refractivity (Wildman–Crippen MR) is 127 cm³/mol. The molecule has 3 amide bonds. The minimum atomic E-state index is -0.943. The van der Waals surface area contributed by atoms with Gasteiger partial charge in [-0.3, -0.25) is 14.4 Å². The van der Waals surface area contributed by atoms with Crippen molar-refractivity contribution in [2.75, 3.05) is 12.4 Å². The molecule has 2 aromatic carbocycles. The highest BCUT2D eigenvalue weighted by atomic mass is 32.2. The highest BCUT2D eigenvalue weighted by molar-refractivity contribution is 8.00. The van der Waals surface area contributed by atoms with Crippen LogP contribution in [0.15, 0.2) is 51.9 Å². The fourth-order valence-electron chi connectivity index (χ4n) is 2.59. The number of benzene rings is 2. The Morgan fingerprint density at radius 1 is 1.15 bits per heavy atom.